The normalized spacial score (nSPS) is 22.6. The molecule has 2 aliphatic rings. The molecule has 0 aromatic carbocycles. The molecular formula is C16H20F3N3O2. The number of nitrogens with zero attached hydrogens (tertiary/aromatic N) is 2. The van der Waals surface area contributed by atoms with E-state index in [2.05, 4.69) is 10.3 Å². The van der Waals surface area contributed by atoms with Crippen molar-refractivity contribution in [3.63, 3.8) is 0 Å². The minimum atomic E-state index is -4.53. The van der Waals surface area contributed by atoms with Gasteiger partial charge >= 0.3 is 12.2 Å². The number of hydrogen-bond acceptors (Lipinski definition) is 3. The summed E-state index contributed by atoms with van der Waals surface area (Å²) in [6, 6.07) is 3.05. The Labute approximate surface area is 138 Å². The Bertz CT molecular complexity index is 580. The number of piperidine rings is 1. The summed E-state index contributed by atoms with van der Waals surface area (Å²) < 4.78 is 43.7. The number of amides is 2. The molecule has 0 spiro atoms. The van der Waals surface area contributed by atoms with Crippen LogP contribution in [0.5, 0.6) is 0 Å². The molecule has 1 aromatic heterocycles. The van der Waals surface area contributed by atoms with Crippen molar-refractivity contribution in [2.45, 2.75) is 38.0 Å². The summed E-state index contributed by atoms with van der Waals surface area (Å²) in [6.45, 7) is 1.97. The van der Waals surface area contributed by atoms with Crippen LogP contribution in [-0.4, -0.2) is 41.7 Å². The largest absolute Gasteiger partial charge is 0.433 e. The average molecular weight is 343 g/mol. The lowest BCUT2D eigenvalue weighted by Gasteiger charge is -2.34. The van der Waals surface area contributed by atoms with Crippen molar-refractivity contribution in [2.75, 3.05) is 25.0 Å². The van der Waals surface area contributed by atoms with Gasteiger partial charge < -0.3 is 9.64 Å². The summed E-state index contributed by atoms with van der Waals surface area (Å²) in [5.41, 5.74) is -1.02. The molecule has 0 unspecified atom stereocenters. The van der Waals surface area contributed by atoms with E-state index in [0.717, 1.165) is 38.4 Å². The molecule has 2 fully saturated rings. The van der Waals surface area contributed by atoms with Crippen molar-refractivity contribution in [1.29, 1.82) is 0 Å². The fourth-order valence-electron chi connectivity index (χ4n) is 3.30. The highest BCUT2D eigenvalue weighted by Gasteiger charge is 2.33. The first-order valence-corrected chi connectivity index (χ1v) is 8.15. The zero-order valence-corrected chi connectivity index (χ0v) is 13.2. The maximum absolute atomic E-state index is 12.7. The summed E-state index contributed by atoms with van der Waals surface area (Å²) in [7, 11) is 0. The molecular weight excluding hydrogens is 323 g/mol. The van der Waals surface area contributed by atoms with Crippen molar-refractivity contribution in [3.05, 3.63) is 23.9 Å². The molecule has 0 aliphatic carbocycles. The maximum Gasteiger partial charge on any atom is 0.433 e. The molecule has 2 amide bonds. The molecule has 3 rings (SSSR count). The molecule has 3 heterocycles. The van der Waals surface area contributed by atoms with Gasteiger partial charge in [0.25, 0.3) is 0 Å². The van der Waals surface area contributed by atoms with Crippen LogP contribution >= 0.6 is 0 Å². The first-order valence-electron chi connectivity index (χ1n) is 8.15. The predicted molar refractivity (Wildman–Crippen MR) is 81.5 cm³/mol. The van der Waals surface area contributed by atoms with Gasteiger partial charge in [-0.2, -0.15) is 13.2 Å². The van der Waals surface area contributed by atoms with E-state index < -0.39 is 17.9 Å². The van der Waals surface area contributed by atoms with Crippen LogP contribution in [0.1, 0.15) is 31.4 Å². The molecule has 1 aromatic rings. The van der Waals surface area contributed by atoms with Crippen LogP contribution < -0.4 is 5.32 Å². The van der Waals surface area contributed by atoms with Crippen molar-refractivity contribution < 1.29 is 22.7 Å². The minimum absolute atomic E-state index is 0.0870. The first-order chi connectivity index (χ1) is 11.4. The van der Waals surface area contributed by atoms with E-state index in [1.807, 2.05) is 0 Å². The molecule has 0 bridgehead atoms. The van der Waals surface area contributed by atoms with Gasteiger partial charge in [-0.05, 0) is 43.7 Å². The number of pyridine rings is 1. The highest BCUT2D eigenvalue weighted by molar-refractivity contribution is 5.88. The van der Waals surface area contributed by atoms with Crippen molar-refractivity contribution in [2.24, 2.45) is 5.92 Å². The number of carbonyl (C=O) groups is 1. The molecule has 24 heavy (non-hydrogen) atoms. The average Bonchev–Trinajstić information content (AvgIpc) is 3.09. The number of urea groups is 1. The van der Waals surface area contributed by atoms with Crippen LogP contribution in [0.4, 0.5) is 23.8 Å². The van der Waals surface area contributed by atoms with Crippen molar-refractivity contribution in [1.82, 2.24) is 9.88 Å². The molecule has 1 atom stereocenters. The van der Waals surface area contributed by atoms with Crippen LogP contribution in [-0.2, 0) is 10.9 Å². The second-order valence-electron chi connectivity index (χ2n) is 6.21. The molecule has 0 saturated carbocycles. The Morgan fingerprint density at radius 2 is 2.00 bits per heavy atom. The van der Waals surface area contributed by atoms with Crippen LogP contribution in [0.25, 0.3) is 0 Å². The van der Waals surface area contributed by atoms with Crippen LogP contribution in [0.15, 0.2) is 18.2 Å². The van der Waals surface area contributed by atoms with Gasteiger partial charge in [0.05, 0.1) is 6.10 Å². The SMILES string of the molecule is O=C(Nc1cccc(C(F)(F)F)n1)N1CCC([C@H]2CCCO2)CC1. The van der Waals surface area contributed by atoms with Gasteiger partial charge in [0.1, 0.15) is 11.5 Å². The second kappa shape index (κ2) is 6.96. The summed E-state index contributed by atoms with van der Waals surface area (Å²) in [4.78, 5) is 17.3. The summed E-state index contributed by atoms with van der Waals surface area (Å²) >= 11 is 0. The van der Waals surface area contributed by atoms with Crippen molar-refractivity contribution >= 4 is 11.8 Å². The number of halogens is 3. The van der Waals surface area contributed by atoms with Gasteiger partial charge in [0, 0.05) is 19.7 Å². The molecule has 1 N–H and O–H groups in total. The molecule has 0 radical (unpaired) electrons. The number of nitrogens with one attached hydrogen (secondary N) is 1. The minimum Gasteiger partial charge on any atom is -0.378 e. The lowest BCUT2D eigenvalue weighted by atomic mass is 9.90. The lowest BCUT2D eigenvalue weighted by molar-refractivity contribution is -0.141. The van der Waals surface area contributed by atoms with Gasteiger partial charge in [-0.3, -0.25) is 5.32 Å². The number of rotatable bonds is 2. The molecule has 2 saturated heterocycles. The predicted octanol–water partition coefficient (Wildman–Crippen LogP) is 3.52. The highest BCUT2D eigenvalue weighted by atomic mass is 19.4. The fourth-order valence-corrected chi connectivity index (χ4v) is 3.30. The quantitative estimate of drug-likeness (QED) is 0.894. The number of alkyl halides is 3. The van der Waals surface area contributed by atoms with E-state index >= 15 is 0 Å². The Morgan fingerprint density at radius 1 is 1.25 bits per heavy atom. The summed E-state index contributed by atoms with van der Waals surface area (Å²) in [5.74, 6) is 0.374. The smallest absolute Gasteiger partial charge is 0.378 e. The first kappa shape index (κ1) is 17.0. The lowest BCUT2D eigenvalue weighted by Crippen LogP contribution is -2.43. The Kier molecular flexibility index (Phi) is 4.93. The fraction of sp³-hybridized carbons (Fsp3) is 0.625. The van der Waals surface area contributed by atoms with E-state index in [0.29, 0.717) is 25.1 Å². The molecule has 8 heteroatoms. The number of hydrogen-bond donors (Lipinski definition) is 1. The van der Waals surface area contributed by atoms with Gasteiger partial charge in [0.15, 0.2) is 0 Å². The summed E-state index contributed by atoms with van der Waals surface area (Å²) in [6.07, 6.45) is -0.361. The number of aromatic nitrogens is 1. The summed E-state index contributed by atoms with van der Waals surface area (Å²) in [5, 5.41) is 2.45. The third kappa shape index (κ3) is 3.98. The van der Waals surface area contributed by atoms with E-state index in [9.17, 15) is 18.0 Å². The highest BCUT2D eigenvalue weighted by Crippen LogP contribution is 2.30. The van der Waals surface area contributed by atoms with Gasteiger partial charge in [0.2, 0.25) is 0 Å². The Hall–Kier alpha value is -1.83. The number of ether oxygens (including phenoxy) is 1. The second-order valence-corrected chi connectivity index (χ2v) is 6.21. The van der Waals surface area contributed by atoms with Crippen molar-refractivity contribution in [3.8, 4) is 0 Å². The maximum atomic E-state index is 12.7. The zero-order chi connectivity index (χ0) is 17.2. The third-order valence-electron chi connectivity index (χ3n) is 4.59. The third-order valence-corrected chi connectivity index (χ3v) is 4.59. The molecule has 2 aliphatic heterocycles. The monoisotopic (exact) mass is 343 g/mol. The van der Waals surface area contributed by atoms with Crippen LogP contribution in [0, 0.1) is 5.92 Å². The standard InChI is InChI=1S/C16H20F3N3O2/c17-16(18,19)13-4-1-5-14(20-13)21-15(23)22-8-6-11(7-9-22)12-3-2-10-24-12/h1,4-5,11-12H,2-3,6-10H2,(H,20,21,23)/t12-/m1/s1. The number of carbonyl (C=O) groups excluding carboxylic acids is 1. The van der Waals surface area contributed by atoms with Crippen LogP contribution in [0.2, 0.25) is 0 Å². The van der Waals surface area contributed by atoms with Gasteiger partial charge in [-0.15, -0.1) is 0 Å². The van der Waals surface area contributed by atoms with E-state index in [1.54, 1.807) is 4.90 Å². The van der Waals surface area contributed by atoms with Gasteiger partial charge in [-0.1, -0.05) is 6.07 Å². The molecule has 132 valence electrons. The zero-order valence-electron chi connectivity index (χ0n) is 13.2. The number of likely N-dealkylation sites (tertiary alicyclic amines) is 1. The number of anilines is 1. The van der Waals surface area contributed by atoms with Crippen LogP contribution in [0.3, 0.4) is 0 Å². The van der Waals surface area contributed by atoms with E-state index in [4.69, 9.17) is 4.74 Å². The Morgan fingerprint density at radius 3 is 2.62 bits per heavy atom. The molecule has 5 nitrogen and oxygen atoms in total. The van der Waals surface area contributed by atoms with E-state index in [-0.39, 0.29) is 5.82 Å². The van der Waals surface area contributed by atoms with Gasteiger partial charge in [-0.25, -0.2) is 9.78 Å². The Balaban J connectivity index is 1.54. The van der Waals surface area contributed by atoms with E-state index in [1.165, 1.54) is 12.1 Å². The topological polar surface area (TPSA) is 54.5 Å².